The van der Waals surface area contributed by atoms with Gasteiger partial charge in [-0.15, -0.1) is 0 Å². The fourth-order valence-electron chi connectivity index (χ4n) is 4.01. The summed E-state index contributed by atoms with van der Waals surface area (Å²) in [5.41, 5.74) is -2.82. The molecule has 4 atom stereocenters. The summed E-state index contributed by atoms with van der Waals surface area (Å²) in [7, 11) is 0. The Labute approximate surface area is 201 Å². The number of ether oxygens (including phenoxy) is 3. The van der Waals surface area contributed by atoms with Crippen LogP contribution in [0.25, 0.3) is 0 Å². The summed E-state index contributed by atoms with van der Waals surface area (Å²) in [5.74, 6) is -2.16. The highest BCUT2D eigenvalue weighted by molar-refractivity contribution is 5.89. The first-order valence-electron chi connectivity index (χ1n) is 11.5. The molecule has 0 aromatic rings. The molecule has 1 fully saturated rings. The van der Waals surface area contributed by atoms with Gasteiger partial charge in [0.2, 0.25) is 5.60 Å². The van der Waals surface area contributed by atoms with Gasteiger partial charge in [0.05, 0.1) is 6.04 Å². The van der Waals surface area contributed by atoms with E-state index in [1.165, 1.54) is 20.8 Å². The molecule has 0 aromatic carbocycles. The van der Waals surface area contributed by atoms with E-state index < -0.39 is 29.2 Å². The molecule has 4 unspecified atom stereocenters. The van der Waals surface area contributed by atoms with Gasteiger partial charge >= 0.3 is 17.9 Å². The smallest absolute Gasteiger partial charge is 0.345 e. The third-order valence-electron chi connectivity index (χ3n) is 6.59. The van der Waals surface area contributed by atoms with Crippen molar-refractivity contribution in [2.24, 2.45) is 0 Å². The lowest BCUT2D eigenvalue weighted by molar-refractivity contribution is -0.218. The van der Waals surface area contributed by atoms with Crippen LogP contribution in [0.15, 0.2) is 34.9 Å². The quantitative estimate of drug-likeness (QED) is 0.221. The van der Waals surface area contributed by atoms with Gasteiger partial charge in [0.1, 0.15) is 24.4 Å². The molecule has 34 heavy (non-hydrogen) atoms. The molecule has 0 spiro atoms. The standard InChI is InChI=1S/C25H37NO8/c1-8-15(3)21(27)33-17(5)25(31,24(6,7)30)23(29)32-14-18-12-19-20(10-11-26(19)13-18)34-22(28)16(4)9-2/h8-9,12,17,19-20,30-31H,10-11,13-14H2,1-7H3. The van der Waals surface area contributed by atoms with Gasteiger partial charge in [-0.3, -0.25) is 4.90 Å². The SMILES string of the molecule is CC=C(C)C(=O)OC1CCN2CC(COC(=O)C(O)(C(C)OC(=O)C(C)=CC)C(C)(C)O)=CC12. The zero-order chi connectivity index (χ0) is 25.8. The number of hydrogen-bond donors (Lipinski definition) is 2. The van der Waals surface area contributed by atoms with Crippen molar-refractivity contribution in [3.63, 3.8) is 0 Å². The Morgan fingerprint density at radius 2 is 1.74 bits per heavy atom. The number of allylic oxidation sites excluding steroid dienone is 2. The van der Waals surface area contributed by atoms with Crippen molar-refractivity contribution in [1.29, 1.82) is 0 Å². The van der Waals surface area contributed by atoms with Crippen LogP contribution >= 0.6 is 0 Å². The van der Waals surface area contributed by atoms with Crippen LogP contribution in [0.2, 0.25) is 0 Å². The number of rotatable bonds is 9. The number of carbonyl (C=O) groups excluding carboxylic acids is 3. The van der Waals surface area contributed by atoms with Crippen molar-refractivity contribution in [2.75, 3.05) is 19.7 Å². The van der Waals surface area contributed by atoms with Crippen molar-refractivity contribution < 1.29 is 38.8 Å². The molecule has 1 saturated heterocycles. The second-order valence-electron chi connectivity index (χ2n) is 9.41. The van der Waals surface area contributed by atoms with Gasteiger partial charge in [-0.2, -0.15) is 0 Å². The van der Waals surface area contributed by atoms with E-state index in [4.69, 9.17) is 14.2 Å². The molecular weight excluding hydrogens is 442 g/mol. The van der Waals surface area contributed by atoms with E-state index >= 15 is 0 Å². The van der Waals surface area contributed by atoms with Crippen LogP contribution < -0.4 is 0 Å². The second-order valence-corrected chi connectivity index (χ2v) is 9.41. The number of nitrogens with zero attached hydrogens (tertiary/aromatic N) is 1. The van der Waals surface area contributed by atoms with E-state index in [-0.39, 0.29) is 24.7 Å². The summed E-state index contributed by atoms with van der Waals surface area (Å²) in [6.07, 6.45) is 4.20. The maximum Gasteiger partial charge on any atom is 0.345 e. The molecule has 0 saturated carbocycles. The van der Waals surface area contributed by atoms with Gasteiger partial charge in [-0.1, -0.05) is 18.2 Å². The Balaban J connectivity index is 2.08. The number of aliphatic hydroxyl groups is 2. The molecule has 0 aliphatic carbocycles. The Bertz CT molecular complexity index is 897. The monoisotopic (exact) mass is 479 g/mol. The number of esters is 3. The van der Waals surface area contributed by atoms with Crippen LogP contribution in [-0.2, 0) is 28.6 Å². The Kier molecular flexibility index (Phi) is 8.85. The Morgan fingerprint density at radius 3 is 2.29 bits per heavy atom. The lowest BCUT2D eigenvalue weighted by Gasteiger charge is -2.40. The lowest BCUT2D eigenvalue weighted by Crippen LogP contribution is -2.64. The molecule has 190 valence electrons. The van der Waals surface area contributed by atoms with Gasteiger partial charge < -0.3 is 24.4 Å². The van der Waals surface area contributed by atoms with Gasteiger partial charge in [-0.25, -0.2) is 14.4 Å². The largest absolute Gasteiger partial charge is 0.459 e. The molecule has 9 heteroatoms. The second kappa shape index (κ2) is 10.8. The highest BCUT2D eigenvalue weighted by Crippen LogP contribution is 2.32. The molecule has 2 aliphatic rings. The molecule has 0 radical (unpaired) electrons. The van der Waals surface area contributed by atoms with Gasteiger partial charge in [0.25, 0.3) is 0 Å². The van der Waals surface area contributed by atoms with E-state index in [0.29, 0.717) is 24.1 Å². The molecule has 2 heterocycles. The zero-order valence-electron chi connectivity index (χ0n) is 21.1. The molecule has 2 N–H and O–H groups in total. The third-order valence-corrected chi connectivity index (χ3v) is 6.59. The molecule has 0 aromatic heterocycles. The maximum atomic E-state index is 12.9. The van der Waals surface area contributed by atoms with Crippen LogP contribution in [0.1, 0.15) is 54.9 Å². The van der Waals surface area contributed by atoms with E-state index in [0.717, 1.165) is 12.1 Å². The topological polar surface area (TPSA) is 123 Å². The van der Waals surface area contributed by atoms with Gasteiger partial charge in [0, 0.05) is 24.2 Å². The average Bonchev–Trinajstić information content (AvgIpc) is 3.35. The van der Waals surface area contributed by atoms with Crippen molar-refractivity contribution >= 4 is 17.9 Å². The van der Waals surface area contributed by atoms with Crippen molar-refractivity contribution in [3.05, 3.63) is 34.9 Å². The highest BCUT2D eigenvalue weighted by atomic mass is 16.6. The summed E-state index contributed by atoms with van der Waals surface area (Å²) < 4.78 is 16.2. The Morgan fingerprint density at radius 1 is 1.15 bits per heavy atom. The minimum absolute atomic E-state index is 0.112. The predicted molar refractivity (Wildman–Crippen MR) is 125 cm³/mol. The predicted octanol–water partition coefficient (Wildman–Crippen LogP) is 1.82. The lowest BCUT2D eigenvalue weighted by atomic mass is 9.81. The molecule has 2 rings (SSSR count). The molecule has 0 amide bonds. The van der Waals surface area contributed by atoms with Crippen molar-refractivity contribution in [3.8, 4) is 0 Å². The van der Waals surface area contributed by atoms with Crippen LogP contribution in [0.5, 0.6) is 0 Å². The number of fused-ring (bicyclic) bond motifs is 1. The first kappa shape index (κ1) is 27.8. The number of hydrogen-bond acceptors (Lipinski definition) is 9. The van der Waals surface area contributed by atoms with Gasteiger partial charge in [-0.05, 0) is 60.5 Å². The van der Waals surface area contributed by atoms with Crippen molar-refractivity contribution in [1.82, 2.24) is 4.90 Å². The minimum Gasteiger partial charge on any atom is -0.459 e. The number of carbonyl (C=O) groups is 3. The fraction of sp³-hybridized carbons (Fsp3) is 0.640. The molecule has 0 bridgehead atoms. The summed E-state index contributed by atoms with van der Waals surface area (Å²) >= 11 is 0. The van der Waals surface area contributed by atoms with Gasteiger partial charge in [0.15, 0.2) is 0 Å². The molecule has 2 aliphatic heterocycles. The maximum absolute atomic E-state index is 12.9. The molecular formula is C25H37NO8. The average molecular weight is 480 g/mol. The summed E-state index contributed by atoms with van der Waals surface area (Å²) in [5, 5.41) is 21.7. The van der Waals surface area contributed by atoms with Crippen LogP contribution in [0.4, 0.5) is 0 Å². The minimum atomic E-state index is -2.49. The van der Waals surface area contributed by atoms with Crippen LogP contribution in [0.3, 0.4) is 0 Å². The zero-order valence-corrected chi connectivity index (χ0v) is 21.1. The van der Waals surface area contributed by atoms with E-state index in [2.05, 4.69) is 4.90 Å². The third kappa shape index (κ3) is 5.76. The first-order chi connectivity index (χ1) is 15.8. The molecule has 9 nitrogen and oxygen atoms in total. The highest BCUT2D eigenvalue weighted by Gasteiger charge is 2.56. The summed E-state index contributed by atoms with van der Waals surface area (Å²) in [4.78, 5) is 39.3. The van der Waals surface area contributed by atoms with E-state index in [1.807, 2.05) is 6.08 Å². The van der Waals surface area contributed by atoms with Crippen LogP contribution in [0, 0.1) is 0 Å². The normalized spacial score (nSPS) is 24.1. The van der Waals surface area contributed by atoms with Crippen LogP contribution in [-0.4, -0.2) is 82.2 Å². The first-order valence-corrected chi connectivity index (χ1v) is 11.5. The van der Waals surface area contributed by atoms with E-state index in [1.54, 1.807) is 39.8 Å². The van der Waals surface area contributed by atoms with Crippen molar-refractivity contribution in [2.45, 2.75) is 84.3 Å². The fourth-order valence-corrected chi connectivity index (χ4v) is 4.01. The summed E-state index contributed by atoms with van der Waals surface area (Å²) in [6, 6.07) is -0.112. The Hall–Kier alpha value is -2.49. The van der Waals surface area contributed by atoms with E-state index in [9.17, 15) is 24.6 Å². The summed E-state index contributed by atoms with van der Waals surface area (Å²) in [6.45, 7) is 11.6.